The Morgan fingerprint density at radius 2 is 2.00 bits per heavy atom. The molecule has 2 nitrogen and oxygen atoms in total. The van der Waals surface area contributed by atoms with Crippen molar-refractivity contribution in [1.82, 2.24) is 0 Å². The summed E-state index contributed by atoms with van der Waals surface area (Å²) < 4.78 is 10.1. The zero-order valence-corrected chi connectivity index (χ0v) is 8.95. The van der Waals surface area contributed by atoms with E-state index in [0.29, 0.717) is 6.61 Å². The molecule has 5 heteroatoms. The van der Waals surface area contributed by atoms with Crippen molar-refractivity contribution in [1.29, 1.82) is 0 Å². The van der Waals surface area contributed by atoms with Crippen molar-refractivity contribution < 1.29 is 8.85 Å². The molecule has 0 saturated heterocycles. The fourth-order valence-corrected chi connectivity index (χ4v) is 2.05. The minimum atomic E-state index is -2.05. The Kier molecular flexibility index (Phi) is 4.55. The zero-order chi connectivity index (χ0) is 6.62. The van der Waals surface area contributed by atoms with Crippen LogP contribution in [0.4, 0.5) is 0 Å². The second-order valence-corrected chi connectivity index (χ2v) is 12.2. The van der Waals surface area contributed by atoms with Gasteiger partial charge in [0, 0.05) is 13.7 Å². The smallest absolute Gasteiger partial charge is 0.382 e. The largest absolute Gasteiger partial charge is 0.490 e. The maximum atomic E-state index is 5.13. The summed E-state index contributed by atoms with van der Waals surface area (Å²) in [5.41, 5.74) is 0. The van der Waals surface area contributed by atoms with Crippen molar-refractivity contribution in [3.8, 4) is 0 Å². The van der Waals surface area contributed by atoms with E-state index in [4.69, 9.17) is 8.85 Å². The van der Waals surface area contributed by atoms with Gasteiger partial charge in [-0.1, -0.05) is 0 Å². The first-order valence-corrected chi connectivity index (χ1v) is 8.52. The summed E-state index contributed by atoms with van der Waals surface area (Å²) in [7, 11) is 1.60. The molecule has 0 saturated carbocycles. The van der Waals surface area contributed by atoms with Crippen LogP contribution in [0.25, 0.3) is 0 Å². The molecule has 0 heterocycles. The molecule has 0 aliphatic heterocycles. The molecular weight excluding hydrogens is 256 g/mol. The molecule has 0 fully saturated rings. The lowest BCUT2D eigenvalue weighted by Crippen LogP contribution is -2.25. The molecule has 50 valence electrons. The maximum absolute atomic E-state index is 5.13. The van der Waals surface area contributed by atoms with Crippen LogP contribution in [0, 0.1) is 0 Å². The normalized spacial score (nSPS) is 12.0. The van der Waals surface area contributed by atoms with Gasteiger partial charge in [-0.25, -0.2) is 0 Å². The first-order chi connectivity index (χ1) is 3.62. The van der Waals surface area contributed by atoms with Crippen LogP contribution in [0.15, 0.2) is 0 Å². The predicted octanol–water partition coefficient (Wildman–Crippen LogP) is 1.89. The summed E-state index contributed by atoms with van der Waals surface area (Å²) in [5, 5.41) is 0. The minimum absolute atomic E-state index is 0.663. The van der Waals surface area contributed by atoms with E-state index >= 15 is 0 Å². The van der Waals surface area contributed by atoms with Crippen LogP contribution >= 0.6 is 30.6 Å². The summed E-state index contributed by atoms with van der Waals surface area (Å²) in [5.74, 6) is -2.05. The third-order valence-electron chi connectivity index (χ3n) is 0.550. The molecule has 0 spiro atoms. The van der Waals surface area contributed by atoms with Gasteiger partial charge in [0.05, 0.1) is 0 Å². The highest BCUT2D eigenvalue weighted by Gasteiger charge is 2.28. The molecule has 0 aromatic rings. The zero-order valence-electron chi connectivity index (χ0n) is 4.78. The van der Waals surface area contributed by atoms with Gasteiger partial charge in [0.25, 0.3) is 0 Å². The Labute approximate surface area is 66.0 Å². The number of hydrogen-bond donors (Lipinski definition) is 0. The summed E-state index contributed by atoms with van der Waals surface area (Å²) in [6, 6.07) is 0. The fraction of sp³-hybridized carbons (Fsp3) is 1.00. The summed E-state index contributed by atoms with van der Waals surface area (Å²) in [4.78, 5) is 0. The van der Waals surface area contributed by atoms with E-state index in [1.165, 1.54) is 0 Å². The van der Waals surface area contributed by atoms with E-state index in [9.17, 15) is 0 Å². The van der Waals surface area contributed by atoms with Crippen LogP contribution in [0.2, 0.25) is 0 Å². The topological polar surface area (TPSA) is 18.5 Å². The molecule has 0 unspecified atom stereocenters. The average molecular weight is 264 g/mol. The molecule has 0 aromatic heterocycles. The first-order valence-electron chi connectivity index (χ1n) is 2.19. The van der Waals surface area contributed by atoms with Crippen LogP contribution in [0.1, 0.15) is 6.92 Å². The lowest BCUT2D eigenvalue weighted by atomic mass is 10.9. The van der Waals surface area contributed by atoms with Crippen molar-refractivity contribution in [3.63, 3.8) is 0 Å². The van der Waals surface area contributed by atoms with Crippen LogP contribution in [-0.4, -0.2) is 19.5 Å². The Morgan fingerprint density at radius 3 is 2.12 bits per heavy atom. The molecule has 0 atom stereocenters. The molecule has 0 bridgehead atoms. The van der Waals surface area contributed by atoms with Crippen LogP contribution < -0.4 is 0 Å². The minimum Gasteiger partial charge on any atom is -0.382 e. The highest BCUT2D eigenvalue weighted by atomic mass is 79.9. The van der Waals surface area contributed by atoms with E-state index in [0.717, 1.165) is 0 Å². The van der Waals surface area contributed by atoms with E-state index in [1.807, 2.05) is 6.92 Å². The molecule has 0 aliphatic carbocycles. The Balaban J connectivity index is 3.37. The Morgan fingerprint density at radius 1 is 1.50 bits per heavy atom. The number of rotatable bonds is 3. The van der Waals surface area contributed by atoms with Crippen LogP contribution in [0.3, 0.4) is 0 Å². The third kappa shape index (κ3) is 4.02. The van der Waals surface area contributed by atoms with Gasteiger partial charge in [-0.05, 0) is 37.5 Å². The highest BCUT2D eigenvalue weighted by molar-refractivity contribution is 9.50. The second kappa shape index (κ2) is 4.00. The SMILES string of the molecule is CCO[Si](Br)(Br)OC. The number of halogens is 2. The van der Waals surface area contributed by atoms with Crippen molar-refractivity contribution in [2.75, 3.05) is 13.7 Å². The van der Waals surface area contributed by atoms with E-state index in [1.54, 1.807) is 7.11 Å². The third-order valence-corrected chi connectivity index (χ3v) is 4.97. The highest BCUT2D eigenvalue weighted by Crippen LogP contribution is 2.21. The van der Waals surface area contributed by atoms with Gasteiger partial charge in [-0.2, -0.15) is 0 Å². The number of hydrogen-bond acceptors (Lipinski definition) is 2. The molecule has 0 aromatic carbocycles. The van der Waals surface area contributed by atoms with Gasteiger partial charge in [0.15, 0.2) is 0 Å². The van der Waals surface area contributed by atoms with Gasteiger partial charge in [-0.15, -0.1) is 0 Å². The molecule has 0 radical (unpaired) electrons. The molecule has 0 amide bonds. The van der Waals surface area contributed by atoms with Gasteiger partial charge < -0.3 is 8.85 Å². The molecule has 8 heavy (non-hydrogen) atoms. The van der Waals surface area contributed by atoms with Crippen molar-refractivity contribution in [2.24, 2.45) is 0 Å². The molecule has 0 N–H and O–H groups in total. The maximum Gasteiger partial charge on any atom is 0.490 e. The second-order valence-electron chi connectivity index (χ2n) is 1.10. The van der Waals surface area contributed by atoms with Crippen molar-refractivity contribution in [3.05, 3.63) is 0 Å². The van der Waals surface area contributed by atoms with Gasteiger partial charge in [0.2, 0.25) is 0 Å². The Hall–Kier alpha value is 1.10. The van der Waals surface area contributed by atoms with Gasteiger partial charge in [0.1, 0.15) is 0 Å². The predicted molar refractivity (Wildman–Crippen MR) is 42.2 cm³/mol. The van der Waals surface area contributed by atoms with E-state index in [2.05, 4.69) is 30.6 Å². The first kappa shape index (κ1) is 9.10. The molecule has 0 aliphatic rings. The van der Waals surface area contributed by atoms with Crippen molar-refractivity contribution in [2.45, 2.75) is 6.92 Å². The quantitative estimate of drug-likeness (QED) is 0.572. The standard InChI is InChI=1S/C3H8Br2O2Si/c1-3-7-8(4,5)6-2/h3H2,1-2H3. The molecule has 0 rings (SSSR count). The molecular formula is C3H8Br2O2Si. The lowest BCUT2D eigenvalue weighted by molar-refractivity contribution is 0.257. The monoisotopic (exact) mass is 262 g/mol. The summed E-state index contributed by atoms with van der Waals surface area (Å²) in [6.45, 7) is 2.58. The van der Waals surface area contributed by atoms with Gasteiger partial charge >= 0.3 is 5.80 Å². The summed E-state index contributed by atoms with van der Waals surface area (Å²) >= 11 is 6.50. The van der Waals surface area contributed by atoms with Crippen molar-refractivity contribution >= 4 is 36.4 Å². The van der Waals surface area contributed by atoms with E-state index < -0.39 is 5.80 Å². The lowest BCUT2D eigenvalue weighted by Gasteiger charge is -2.12. The van der Waals surface area contributed by atoms with Gasteiger partial charge in [-0.3, -0.25) is 0 Å². The fourth-order valence-electron chi connectivity index (χ4n) is 0.227. The van der Waals surface area contributed by atoms with Crippen LogP contribution in [0.5, 0.6) is 0 Å². The van der Waals surface area contributed by atoms with E-state index in [-0.39, 0.29) is 0 Å². The Bertz CT molecular complexity index is 68.3. The average Bonchev–Trinajstić information content (AvgIpc) is 1.67. The summed E-state index contributed by atoms with van der Waals surface area (Å²) in [6.07, 6.45) is 0. The van der Waals surface area contributed by atoms with Crippen LogP contribution in [-0.2, 0) is 8.85 Å².